The fraction of sp³-hybridized carbons (Fsp3) is 0.500. The largest absolute Gasteiger partial charge is 0.502 e. The molecule has 1 N–H and O–H groups in total. The van der Waals surface area contributed by atoms with Gasteiger partial charge in [0.1, 0.15) is 0 Å². The Balaban J connectivity index is 3.06. The number of rotatable bonds is 2. The van der Waals surface area contributed by atoms with Crippen molar-refractivity contribution in [2.75, 3.05) is 7.11 Å². The highest BCUT2D eigenvalue weighted by Gasteiger charge is 2.15. The lowest BCUT2D eigenvalue weighted by atomic mass is 9.88. The van der Waals surface area contributed by atoms with Gasteiger partial charge in [-0.05, 0) is 29.5 Å². The molecule has 0 saturated carbocycles. The quantitative estimate of drug-likeness (QED) is 0.816. The van der Waals surface area contributed by atoms with Gasteiger partial charge in [0.05, 0.1) is 7.11 Å². The molecular weight excluding hydrogens is 195 g/mol. The van der Waals surface area contributed by atoms with Crippen molar-refractivity contribution in [2.45, 2.75) is 27.2 Å². The second-order valence-corrected chi connectivity index (χ2v) is 4.87. The SMILES string of the molecule is COc1cc(CC(C)(C)C)cc(F)c1O. The molecule has 0 unspecified atom stereocenters. The molecule has 3 heteroatoms. The number of methoxy groups -OCH3 is 1. The van der Waals surface area contributed by atoms with Gasteiger partial charge in [-0.1, -0.05) is 20.8 Å². The van der Waals surface area contributed by atoms with Crippen LogP contribution in [-0.2, 0) is 6.42 Å². The molecule has 84 valence electrons. The van der Waals surface area contributed by atoms with Crippen molar-refractivity contribution in [3.8, 4) is 11.5 Å². The van der Waals surface area contributed by atoms with Crippen LogP contribution >= 0.6 is 0 Å². The number of phenols is 1. The maximum absolute atomic E-state index is 13.3. The third kappa shape index (κ3) is 3.11. The summed E-state index contributed by atoms with van der Waals surface area (Å²) in [5.41, 5.74) is 0.906. The Morgan fingerprint density at radius 1 is 1.33 bits per heavy atom. The van der Waals surface area contributed by atoms with Crippen molar-refractivity contribution < 1.29 is 14.2 Å². The molecule has 0 spiro atoms. The monoisotopic (exact) mass is 212 g/mol. The van der Waals surface area contributed by atoms with E-state index in [1.807, 2.05) is 0 Å². The molecular formula is C12H17FO2. The van der Waals surface area contributed by atoms with Gasteiger partial charge in [-0.3, -0.25) is 0 Å². The Hall–Kier alpha value is -1.25. The van der Waals surface area contributed by atoms with Crippen LogP contribution < -0.4 is 4.74 Å². The van der Waals surface area contributed by atoms with E-state index in [1.165, 1.54) is 13.2 Å². The summed E-state index contributed by atoms with van der Waals surface area (Å²) >= 11 is 0. The Kier molecular flexibility index (Phi) is 3.22. The number of hydrogen-bond acceptors (Lipinski definition) is 2. The van der Waals surface area contributed by atoms with Crippen LogP contribution in [0.5, 0.6) is 11.5 Å². The van der Waals surface area contributed by atoms with Gasteiger partial charge in [0.2, 0.25) is 0 Å². The average Bonchev–Trinajstić information content (AvgIpc) is 2.08. The molecule has 2 nitrogen and oxygen atoms in total. The van der Waals surface area contributed by atoms with Gasteiger partial charge in [-0.2, -0.15) is 0 Å². The van der Waals surface area contributed by atoms with E-state index in [4.69, 9.17) is 4.74 Å². The minimum atomic E-state index is -0.631. The van der Waals surface area contributed by atoms with Crippen LogP contribution in [0.15, 0.2) is 12.1 Å². The second-order valence-electron chi connectivity index (χ2n) is 4.87. The topological polar surface area (TPSA) is 29.5 Å². The van der Waals surface area contributed by atoms with E-state index < -0.39 is 11.6 Å². The van der Waals surface area contributed by atoms with Crippen molar-refractivity contribution >= 4 is 0 Å². The number of benzene rings is 1. The smallest absolute Gasteiger partial charge is 0.194 e. The van der Waals surface area contributed by atoms with Crippen molar-refractivity contribution in [1.82, 2.24) is 0 Å². The molecule has 0 saturated heterocycles. The molecule has 0 fully saturated rings. The Labute approximate surface area is 89.7 Å². The maximum atomic E-state index is 13.3. The lowest BCUT2D eigenvalue weighted by Gasteiger charge is -2.18. The fourth-order valence-corrected chi connectivity index (χ4v) is 1.50. The van der Waals surface area contributed by atoms with E-state index >= 15 is 0 Å². The molecule has 15 heavy (non-hydrogen) atoms. The maximum Gasteiger partial charge on any atom is 0.194 e. The standard InChI is InChI=1S/C12H17FO2/c1-12(2,3)7-8-5-9(13)11(14)10(6-8)15-4/h5-6,14H,7H2,1-4H3. The van der Waals surface area contributed by atoms with E-state index in [9.17, 15) is 9.50 Å². The van der Waals surface area contributed by atoms with Gasteiger partial charge in [0.15, 0.2) is 17.3 Å². The highest BCUT2D eigenvalue weighted by Crippen LogP contribution is 2.32. The molecule has 0 aliphatic rings. The van der Waals surface area contributed by atoms with E-state index in [0.29, 0.717) is 0 Å². The highest BCUT2D eigenvalue weighted by molar-refractivity contribution is 5.43. The Morgan fingerprint density at radius 3 is 2.40 bits per heavy atom. The van der Waals surface area contributed by atoms with Crippen molar-refractivity contribution in [2.24, 2.45) is 5.41 Å². The molecule has 0 bridgehead atoms. The molecule has 1 aromatic rings. The number of phenolic OH excluding ortho intramolecular Hbond substituents is 1. The molecule has 0 amide bonds. The van der Waals surface area contributed by atoms with E-state index in [2.05, 4.69) is 20.8 Å². The van der Waals surface area contributed by atoms with Crippen LogP contribution in [0.4, 0.5) is 4.39 Å². The van der Waals surface area contributed by atoms with Gasteiger partial charge in [0.25, 0.3) is 0 Å². The van der Waals surface area contributed by atoms with Gasteiger partial charge >= 0.3 is 0 Å². The van der Waals surface area contributed by atoms with Gasteiger partial charge in [0, 0.05) is 0 Å². The predicted molar refractivity (Wildman–Crippen MR) is 57.8 cm³/mol. The van der Waals surface area contributed by atoms with Crippen LogP contribution in [-0.4, -0.2) is 12.2 Å². The molecule has 0 heterocycles. The second kappa shape index (κ2) is 4.09. The normalized spacial score (nSPS) is 11.5. The Bertz CT molecular complexity index is 353. The molecule has 1 aromatic carbocycles. The fourth-order valence-electron chi connectivity index (χ4n) is 1.50. The zero-order valence-electron chi connectivity index (χ0n) is 9.60. The number of hydrogen-bond donors (Lipinski definition) is 1. The summed E-state index contributed by atoms with van der Waals surface area (Å²) in [6.45, 7) is 6.22. The minimum absolute atomic E-state index is 0.0778. The predicted octanol–water partition coefficient (Wildman–Crippen LogP) is 3.13. The average molecular weight is 212 g/mol. The molecule has 0 aliphatic carbocycles. The molecule has 0 aromatic heterocycles. The first-order valence-electron chi connectivity index (χ1n) is 4.89. The summed E-state index contributed by atoms with van der Waals surface area (Å²) in [6.07, 6.45) is 0.737. The van der Waals surface area contributed by atoms with Crippen LogP contribution in [0, 0.1) is 11.2 Å². The first-order valence-corrected chi connectivity index (χ1v) is 4.89. The minimum Gasteiger partial charge on any atom is -0.502 e. The molecule has 1 rings (SSSR count). The summed E-state index contributed by atoms with van der Waals surface area (Å²) in [4.78, 5) is 0. The van der Waals surface area contributed by atoms with Crippen molar-refractivity contribution in [3.63, 3.8) is 0 Å². The van der Waals surface area contributed by atoms with Crippen molar-refractivity contribution in [1.29, 1.82) is 0 Å². The van der Waals surface area contributed by atoms with Crippen LogP contribution in [0.3, 0.4) is 0 Å². The lowest BCUT2D eigenvalue weighted by molar-refractivity contribution is 0.353. The van der Waals surface area contributed by atoms with Gasteiger partial charge < -0.3 is 9.84 Å². The molecule has 0 radical (unpaired) electrons. The van der Waals surface area contributed by atoms with Gasteiger partial charge in [-0.15, -0.1) is 0 Å². The third-order valence-electron chi connectivity index (χ3n) is 2.04. The van der Waals surface area contributed by atoms with Crippen LogP contribution in [0.2, 0.25) is 0 Å². The first kappa shape index (κ1) is 11.8. The summed E-state index contributed by atoms with van der Waals surface area (Å²) in [5, 5.41) is 9.32. The van der Waals surface area contributed by atoms with E-state index in [-0.39, 0.29) is 11.2 Å². The first-order chi connectivity index (χ1) is 6.83. The Morgan fingerprint density at radius 2 is 1.93 bits per heavy atom. The molecule has 0 aliphatic heterocycles. The molecule has 0 atom stereocenters. The summed E-state index contributed by atoms with van der Waals surface area (Å²) in [5.74, 6) is -0.863. The number of halogens is 1. The summed E-state index contributed by atoms with van der Waals surface area (Å²) in [7, 11) is 1.41. The lowest BCUT2D eigenvalue weighted by Crippen LogP contribution is -2.09. The van der Waals surface area contributed by atoms with Crippen molar-refractivity contribution in [3.05, 3.63) is 23.5 Å². The zero-order valence-corrected chi connectivity index (χ0v) is 9.60. The van der Waals surface area contributed by atoms with E-state index in [0.717, 1.165) is 12.0 Å². The van der Waals surface area contributed by atoms with Crippen LogP contribution in [0.1, 0.15) is 26.3 Å². The van der Waals surface area contributed by atoms with Crippen LogP contribution in [0.25, 0.3) is 0 Å². The zero-order chi connectivity index (χ0) is 11.6. The third-order valence-corrected chi connectivity index (χ3v) is 2.04. The highest BCUT2D eigenvalue weighted by atomic mass is 19.1. The summed E-state index contributed by atoms with van der Waals surface area (Å²) in [6, 6.07) is 3.02. The van der Waals surface area contributed by atoms with Gasteiger partial charge in [-0.25, -0.2) is 4.39 Å². The summed E-state index contributed by atoms with van der Waals surface area (Å²) < 4.78 is 18.2. The van der Waals surface area contributed by atoms with E-state index in [1.54, 1.807) is 6.07 Å². The number of aromatic hydroxyl groups is 1. The number of ether oxygens (including phenoxy) is 1.